The van der Waals surface area contributed by atoms with Crippen LogP contribution in [-0.4, -0.2) is 52.9 Å². The maximum Gasteiger partial charge on any atom is 0.223 e. The van der Waals surface area contributed by atoms with E-state index in [1.54, 1.807) is 17.5 Å². The van der Waals surface area contributed by atoms with Crippen LogP contribution in [-0.2, 0) is 4.79 Å². The molecule has 0 radical (unpaired) electrons. The monoisotopic (exact) mass is 464 g/mol. The summed E-state index contributed by atoms with van der Waals surface area (Å²) in [5.41, 5.74) is 2.06. The molecule has 1 aliphatic rings. The zero-order valence-corrected chi connectivity index (χ0v) is 20.4. The number of thiazole rings is 1. The van der Waals surface area contributed by atoms with Crippen molar-refractivity contribution in [2.75, 3.05) is 32.5 Å². The summed E-state index contributed by atoms with van der Waals surface area (Å²) in [6.45, 7) is 3.62. The lowest BCUT2D eigenvalue weighted by Crippen LogP contribution is -2.36. The number of hydrogen-bond donors (Lipinski definition) is 2. The molecule has 4 rings (SSSR count). The molecule has 3 aromatic heterocycles. The molecule has 0 spiro atoms. The summed E-state index contributed by atoms with van der Waals surface area (Å²) in [7, 11) is 4.03. The second-order valence-corrected chi connectivity index (χ2v) is 10.0. The normalized spacial score (nSPS) is 18.3. The van der Waals surface area contributed by atoms with Gasteiger partial charge in [-0.05, 0) is 76.5 Å². The van der Waals surface area contributed by atoms with Crippen molar-refractivity contribution in [3.05, 3.63) is 53.3 Å². The Morgan fingerprint density at radius 3 is 2.70 bits per heavy atom. The lowest BCUT2D eigenvalue weighted by Gasteiger charge is -2.26. The molecular weight excluding hydrogens is 432 g/mol. The summed E-state index contributed by atoms with van der Waals surface area (Å²) >= 11 is 1.71. The Hall–Kier alpha value is -2.84. The highest BCUT2D eigenvalue weighted by Gasteiger charge is 2.28. The van der Waals surface area contributed by atoms with Gasteiger partial charge in [-0.2, -0.15) is 0 Å². The van der Waals surface area contributed by atoms with E-state index in [2.05, 4.69) is 20.5 Å². The molecule has 3 aromatic rings. The summed E-state index contributed by atoms with van der Waals surface area (Å²) in [6.07, 6.45) is 7.58. The topological polar surface area (TPSA) is 83.0 Å². The molecule has 174 valence electrons. The van der Waals surface area contributed by atoms with Gasteiger partial charge in [-0.15, -0.1) is 11.3 Å². The van der Waals surface area contributed by atoms with Gasteiger partial charge in [-0.25, -0.2) is 15.0 Å². The van der Waals surface area contributed by atoms with Crippen LogP contribution in [0, 0.1) is 12.8 Å². The zero-order valence-electron chi connectivity index (χ0n) is 19.5. The predicted molar refractivity (Wildman–Crippen MR) is 134 cm³/mol. The number of carbonyl (C=O) groups excluding carboxylic acids is 1. The maximum atomic E-state index is 12.4. The van der Waals surface area contributed by atoms with Crippen LogP contribution in [0.25, 0.3) is 10.6 Å². The molecule has 0 aliphatic heterocycles. The highest BCUT2D eigenvalue weighted by molar-refractivity contribution is 7.15. The lowest BCUT2D eigenvalue weighted by molar-refractivity contribution is -0.126. The van der Waals surface area contributed by atoms with Gasteiger partial charge >= 0.3 is 0 Å². The van der Waals surface area contributed by atoms with E-state index in [9.17, 15) is 4.79 Å². The van der Waals surface area contributed by atoms with Gasteiger partial charge in [0.05, 0.1) is 15.6 Å². The molecule has 0 aromatic carbocycles. The molecule has 0 saturated heterocycles. The number of amides is 1. The fourth-order valence-electron chi connectivity index (χ4n) is 4.12. The minimum atomic E-state index is 0.127. The van der Waals surface area contributed by atoms with Crippen molar-refractivity contribution in [1.82, 2.24) is 25.2 Å². The number of nitrogens with one attached hydrogen (secondary N) is 2. The molecule has 0 bridgehead atoms. The first-order valence-corrected chi connectivity index (χ1v) is 12.3. The zero-order chi connectivity index (χ0) is 23.2. The number of rotatable bonds is 8. The molecule has 1 aliphatic carbocycles. The van der Waals surface area contributed by atoms with E-state index in [0.717, 1.165) is 65.0 Å². The third-order valence-corrected chi connectivity index (χ3v) is 7.18. The van der Waals surface area contributed by atoms with Crippen molar-refractivity contribution < 1.29 is 4.79 Å². The van der Waals surface area contributed by atoms with E-state index in [0.29, 0.717) is 12.5 Å². The first kappa shape index (κ1) is 23.3. The second-order valence-electron chi connectivity index (χ2n) is 8.96. The van der Waals surface area contributed by atoms with Crippen molar-refractivity contribution in [3.8, 4) is 10.6 Å². The molecular formula is C25H32N6OS. The number of hydrogen-bond acceptors (Lipinski definition) is 7. The van der Waals surface area contributed by atoms with Crippen LogP contribution < -0.4 is 10.6 Å². The van der Waals surface area contributed by atoms with Gasteiger partial charge in [0.1, 0.15) is 11.6 Å². The van der Waals surface area contributed by atoms with Crippen molar-refractivity contribution in [3.63, 3.8) is 0 Å². The van der Waals surface area contributed by atoms with Crippen LogP contribution in [0.3, 0.4) is 0 Å². The van der Waals surface area contributed by atoms with Crippen molar-refractivity contribution in [1.29, 1.82) is 0 Å². The number of aromatic nitrogens is 3. The Balaban J connectivity index is 1.34. The maximum absolute atomic E-state index is 12.4. The molecule has 1 amide bonds. The smallest absolute Gasteiger partial charge is 0.223 e. The molecule has 1 saturated carbocycles. The van der Waals surface area contributed by atoms with Gasteiger partial charge in [-0.1, -0.05) is 6.07 Å². The number of anilines is 2. The average molecular weight is 465 g/mol. The third kappa shape index (κ3) is 6.36. The summed E-state index contributed by atoms with van der Waals surface area (Å²) < 4.78 is 0. The Bertz CT molecular complexity index is 1070. The van der Waals surface area contributed by atoms with Gasteiger partial charge in [0.25, 0.3) is 0 Å². The number of carbonyl (C=O) groups is 1. The van der Waals surface area contributed by atoms with Crippen LogP contribution in [0.5, 0.6) is 0 Å². The first-order chi connectivity index (χ1) is 16.0. The van der Waals surface area contributed by atoms with Crippen LogP contribution in [0.2, 0.25) is 0 Å². The van der Waals surface area contributed by atoms with Crippen molar-refractivity contribution >= 4 is 28.9 Å². The highest BCUT2D eigenvalue weighted by Crippen LogP contribution is 2.39. The standard InChI is InChI=1S/C25H32N6OS/c1-17-11-12-26-23(15-17)30-22-6-4-5-20(29-22)21-16-28-25(33-21)19-9-7-18(8-10-19)24(32)27-13-14-31(2)3/h4-6,11-12,15-16,18-19H,7-10,13-14H2,1-3H3,(H,27,32)(H,26,29,30)/t18-,19-. The Kier molecular flexibility index (Phi) is 7.67. The largest absolute Gasteiger partial charge is 0.355 e. The first-order valence-electron chi connectivity index (χ1n) is 11.5. The van der Waals surface area contributed by atoms with Gasteiger partial charge in [-0.3, -0.25) is 4.79 Å². The molecule has 0 unspecified atom stereocenters. The molecule has 7 nitrogen and oxygen atoms in total. The Morgan fingerprint density at radius 1 is 1.12 bits per heavy atom. The SMILES string of the molecule is Cc1ccnc(Nc2cccc(-c3cnc([C@H]4CC[C@H](C(=O)NCCN(C)C)CC4)s3)n2)c1. The minimum absolute atomic E-state index is 0.127. The summed E-state index contributed by atoms with van der Waals surface area (Å²) in [6, 6.07) is 9.93. The van der Waals surface area contributed by atoms with Crippen molar-refractivity contribution in [2.24, 2.45) is 5.92 Å². The van der Waals surface area contributed by atoms with E-state index >= 15 is 0 Å². The number of nitrogens with zero attached hydrogens (tertiary/aromatic N) is 4. The summed E-state index contributed by atoms with van der Waals surface area (Å²) in [4.78, 5) is 29.4. The number of aryl methyl sites for hydroxylation is 1. The summed E-state index contributed by atoms with van der Waals surface area (Å²) in [5, 5.41) is 7.51. The molecule has 2 N–H and O–H groups in total. The van der Waals surface area contributed by atoms with E-state index in [1.165, 1.54) is 0 Å². The van der Waals surface area contributed by atoms with Crippen LogP contribution in [0.4, 0.5) is 11.6 Å². The van der Waals surface area contributed by atoms with Crippen LogP contribution in [0.15, 0.2) is 42.7 Å². The van der Waals surface area contributed by atoms with Crippen LogP contribution >= 0.6 is 11.3 Å². The molecule has 33 heavy (non-hydrogen) atoms. The number of pyridine rings is 2. The predicted octanol–water partition coefficient (Wildman–Crippen LogP) is 4.60. The van der Waals surface area contributed by atoms with Gasteiger partial charge < -0.3 is 15.5 Å². The molecule has 8 heteroatoms. The van der Waals surface area contributed by atoms with E-state index in [-0.39, 0.29) is 11.8 Å². The quantitative estimate of drug-likeness (QED) is 0.507. The third-order valence-electron chi connectivity index (χ3n) is 6.00. The van der Waals surface area contributed by atoms with E-state index in [1.807, 2.05) is 57.5 Å². The van der Waals surface area contributed by atoms with Crippen LogP contribution in [0.1, 0.15) is 42.2 Å². The van der Waals surface area contributed by atoms with Crippen molar-refractivity contribution in [2.45, 2.75) is 38.5 Å². The molecule has 3 heterocycles. The fourth-order valence-corrected chi connectivity index (χ4v) is 5.18. The Labute approximate surface area is 199 Å². The molecule has 1 fully saturated rings. The average Bonchev–Trinajstić information content (AvgIpc) is 3.29. The van der Waals surface area contributed by atoms with Gasteiger partial charge in [0.2, 0.25) is 5.91 Å². The van der Waals surface area contributed by atoms with E-state index < -0.39 is 0 Å². The van der Waals surface area contributed by atoms with E-state index in [4.69, 9.17) is 9.97 Å². The number of likely N-dealkylation sites (N-methyl/N-ethyl adjacent to an activating group) is 1. The minimum Gasteiger partial charge on any atom is -0.355 e. The molecule has 0 atom stereocenters. The Morgan fingerprint density at radius 2 is 1.94 bits per heavy atom. The fraction of sp³-hybridized carbons (Fsp3) is 0.440. The highest BCUT2D eigenvalue weighted by atomic mass is 32.1. The lowest BCUT2D eigenvalue weighted by atomic mass is 9.82. The van der Waals surface area contributed by atoms with Gasteiger partial charge in [0.15, 0.2) is 0 Å². The summed E-state index contributed by atoms with van der Waals surface area (Å²) in [5.74, 6) is 2.30. The second kappa shape index (κ2) is 10.9. The van der Waals surface area contributed by atoms with Gasteiger partial charge in [0, 0.05) is 37.3 Å².